The van der Waals surface area contributed by atoms with E-state index in [1.54, 1.807) is 7.11 Å². The predicted octanol–water partition coefficient (Wildman–Crippen LogP) is 1.93. The summed E-state index contributed by atoms with van der Waals surface area (Å²) >= 11 is 0. The van der Waals surface area contributed by atoms with Crippen molar-refractivity contribution in [2.45, 2.75) is 6.42 Å². The molecule has 2 aromatic heterocycles. The van der Waals surface area contributed by atoms with Gasteiger partial charge in [0.25, 0.3) is 0 Å². The molecule has 136 valence electrons. The Morgan fingerprint density at radius 2 is 2.00 bits per heavy atom. The lowest BCUT2D eigenvalue weighted by molar-refractivity contribution is 0.312. The van der Waals surface area contributed by atoms with Crippen LogP contribution in [0.1, 0.15) is 6.42 Å². The highest BCUT2D eigenvalue weighted by atomic mass is 16.5. The minimum atomic E-state index is 0.353. The summed E-state index contributed by atoms with van der Waals surface area (Å²) < 4.78 is 11.3. The molecule has 0 bridgehead atoms. The molecule has 3 rings (SSSR count). The Kier molecular flexibility index (Phi) is 5.49. The van der Waals surface area contributed by atoms with Crippen molar-refractivity contribution in [1.29, 1.82) is 0 Å². The van der Waals surface area contributed by atoms with Gasteiger partial charge in [0, 0.05) is 6.07 Å². The second-order valence-electron chi connectivity index (χ2n) is 5.44. The fourth-order valence-corrected chi connectivity index (χ4v) is 2.38. The molecule has 0 fully saturated rings. The minimum absolute atomic E-state index is 0.353. The van der Waals surface area contributed by atoms with Crippen molar-refractivity contribution in [2.75, 3.05) is 31.3 Å². The zero-order valence-corrected chi connectivity index (χ0v) is 14.4. The normalized spacial score (nSPS) is 10.5. The molecule has 0 unspecified atom stereocenters. The van der Waals surface area contributed by atoms with E-state index in [4.69, 9.17) is 20.9 Å². The molecular formula is C17H21N7O2. The van der Waals surface area contributed by atoms with E-state index in [2.05, 4.69) is 25.5 Å². The van der Waals surface area contributed by atoms with Gasteiger partial charge in [0.1, 0.15) is 23.1 Å². The number of aromatic nitrogens is 4. The highest BCUT2D eigenvalue weighted by Gasteiger charge is 2.16. The van der Waals surface area contributed by atoms with Gasteiger partial charge in [-0.15, -0.1) is 0 Å². The Hall–Kier alpha value is -3.33. The van der Waals surface area contributed by atoms with Crippen molar-refractivity contribution in [3.8, 4) is 22.8 Å². The van der Waals surface area contributed by atoms with Crippen molar-refractivity contribution in [3.63, 3.8) is 0 Å². The Balaban J connectivity index is 1.86. The Labute approximate surface area is 150 Å². The maximum absolute atomic E-state index is 5.85. The topological polar surface area (TPSA) is 137 Å². The van der Waals surface area contributed by atoms with Crippen LogP contribution in [-0.4, -0.2) is 40.4 Å². The van der Waals surface area contributed by atoms with Crippen LogP contribution in [0.5, 0.6) is 11.5 Å². The van der Waals surface area contributed by atoms with Gasteiger partial charge in [-0.25, -0.2) is 9.97 Å². The Morgan fingerprint density at radius 1 is 1.15 bits per heavy atom. The molecule has 1 aromatic carbocycles. The third kappa shape index (κ3) is 4.01. The quantitative estimate of drug-likeness (QED) is 0.450. The van der Waals surface area contributed by atoms with Gasteiger partial charge in [0.15, 0.2) is 5.82 Å². The first kappa shape index (κ1) is 17.5. The molecule has 26 heavy (non-hydrogen) atoms. The van der Waals surface area contributed by atoms with Gasteiger partial charge in [-0.1, -0.05) is 6.07 Å². The molecular weight excluding hydrogens is 334 g/mol. The monoisotopic (exact) mass is 355 g/mol. The van der Waals surface area contributed by atoms with E-state index in [0.29, 0.717) is 42.1 Å². The van der Waals surface area contributed by atoms with Gasteiger partial charge >= 0.3 is 0 Å². The summed E-state index contributed by atoms with van der Waals surface area (Å²) in [5.41, 5.74) is 12.6. The van der Waals surface area contributed by atoms with Gasteiger partial charge in [-0.3, -0.25) is 5.10 Å². The molecule has 0 atom stereocenters. The third-order valence-electron chi connectivity index (χ3n) is 3.59. The zero-order chi connectivity index (χ0) is 18.4. The lowest BCUT2D eigenvalue weighted by Crippen LogP contribution is -2.07. The fourth-order valence-electron chi connectivity index (χ4n) is 2.38. The van der Waals surface area contributed by atoms with E-state index in [1.165, 1.54) is 12.4 Å². The summed E-state index contributed by atoms with van der Waals surface area (Å²) in [5.74, 6) is 2.85. The van der Waals surface area contributed by atoms with Crippen molar-refractivity contribution < 1.29 is 9.47 Å². The molecule has 0 amide bonds. The van der Waals surface area contributed by atoms with Crippen LogP contribution in [0.3, 0.4) is 0 Å². The second kappa shape index (κ2) is 8.17. The average Bonchev–Trinajstić information content (AvgIpc) is 3.11. The number of aromatic amines is 1. The number of nitrogens with two attached hydrogens (primary N) is 2. The highest BCUT2D eigenvalue weighted by molar-refractivity contribution is 5.76. The van der Waals surface area contributed by atoms with Gasteiger partial charge < -0.3 is 26.3 Å². The number of nitrogens with one attached hydrogen (secondary N) is 2. The van der Waals surface area contributed by atoms with Gasteiger partial charge in [0.2, 0.25) is 0 Å². The average molecular weight is 355 g/mol. The van der Waals surface area contributed by atoms with Crippen molar-refractivity contribution >= 4 is 17.5 Å². The third-order valence-corrected chi connectivity index (χ3v) is 3.59. The molecule has 0 aliphatic rings. The van der Waals surface area contributed by atoms with Crippen molar-refractivity contribution in [2.24, 2.45) is 5.73 Å². The number of hydrogen-bond donors (Lipinski definition) is 4. The van der Waals surface area contributed by atoms with E-state index < -0.39 is 0 Å². The molecule has 3 aromatic rings. The number of hydrogen-bond acceptors (Lipinski definition) is 8. The number of rotatable bonds is 8. The predicted molar refractivity (Wildman–Crippen MR) is 99.5 cm³/mol. The van der Waals surface area contributed by atoms with E-state index in [1.807, 2.05) is 24.3 Å². The number of nitrogen functional groups attached to an aromatic ring is 1. The smallest absolute Gasteiger partial charge is 0.153 e. The summed E-state index contributed by atoms with van der Waals surface area (Å²) in [6.07, 6.45) is 3.77. The Bertz CT molecular complexity index is 849. The number of ether oxygens (including phenoxy) is 2. The van der Waals surface area contributed by atoms with E-state index in [-0.39, 0.29) is 0 Å². The first-order valence-corrected chi connectivity index (χ1v) is 8.11. The maximum atomic E-state index is 5.85. The van der Waals surface area contributed by atoms with Crippen molar-refractivity contribution in [3.05, 3.63) is 36.7 Å². The number of H-pyrrole nitrogens is 1. The summed E-state index contributed by atoms with van der Waals surface area (Å²) in [5, 5.41) is 10.3. The van der Waals surface area contributed by atoms with Crippen LogP contribution in [0, 0.1) is 0 Å². The molecule has 0 saturated heterocycles. The molecule has 0 spiro atoms. The summed E-state index contributed by atoms with van der Waals surface area (Å²) in [6, 6.07) is 7.46. The largest absolute Gasteiger partial charge is 0.496 e. The Morgan fingerprint density at radius 3 is 2.73 bits per heavy atom. The van der Waals surface area contributed by atoms with Crippen LogP contribution in [0.2, 0.25) is 0 Å². The summed E-state index contributed by atoms with van der Waals surface area (Å²) in [6.45, 7) is 1.09. The van der Waals surface area contributed by atoms with Gasteiger partial charge in [-0.05, 0) is 25.1 Å². The molecule has 6 N–H and O–H groups in total. The fraction of sp³-hybridized carbons (Fsp3) is 0.235. The van der Waals surface area contributed by atoms with E-state index >= 15 is 0 Å². The second-order valence-corrected chi connectivity index (χ2v) is 5.44. The molecule has 9 nitrogen and oxygen atoms in total. The van der Waals surface area contributed by atoms with Crippen LogP contribution in [0.25, 0.3) is 11.3 Å². The minimum Gasteiger partial charge on any atom is -0.496 e. The van der Waals surface area contributed by atoms with Crippen LogP contribution in [0.15, 0.2) is 36.7 Å². The van der Waals surface area contributed by atoms with Crippen LogP contribution in [0.4, 0.5) is 17.5 Å². The highest BCUT2D eigenvalue weighted by Crippen LogP contribution is 2.38. The number of benzene rings is 1. The number of anilines is 3. The molecule has 2 heterocycles. The lowest BCUT2D eigenvalue weighted by atomic mass is 10.1. The van der Waals surface area contributed by atoms with Gasteiger partial charge in [0.05, 0.1) is 37.4 Å². The molecule has 0 radical (unpaired) electrons. The summed E-state index contributed by atoms with van der Waals surface area (Å²) in [4.78, 5) is 8.13. The SMILES string of the molecule is COc1cccc(OCCCN)c1-c1cc(Nc2cnc(N)cn2)n[nH]1. The van der Waals surface area contributed by atoms with Crippen LogP contribution in [-0.2, 0) is 0 Å². The van der Waals surface area contributed by atoms with Crippen LogP contribution < -0.4 is 26.3 Å². The standard InChI is InChI=1S/C17H21N7O2/c1-25-12-4-2-5-13(26-7-3-6-18)17(12)11-8-15(24-23-11)22-16-10-20-14(19)9-21-16/h2,4-5,8-10H,3,6-7,18H2,1H3,(H2,19,20)(H2,21,22,23,24). The maximum Gasteiger partial charge on any atom is 0.153 e. The van der Waals surface area contributed by atoms with Crippen molar-refractivity contribution in [1.82, 2.24) is 20.2 Å². The number of methoxy groups -OCH3 is 1. The zero-order valence-electron chi connectivity index (χ0n) is 14.4. The van der Waals surface area contributed by atoms with Gasteiger partial charge in [-0.2, -0.15) is 5.10 Å². The number of nitrogens with zero attached hydrogens (tertiary/aromatic N) is 3. The lowest BCUT2D eigenvalue weighted by Gasteiger charge is -2.13. The first-order valence-electron chi connectivity index (χ1n) is 8.11. The molecule has 9 heteroatoms. The molecule has 0 aliphatic carbocycles. The molecule has 0 aliphatic heterocycles. The van der Waals surface area contributed by atoms with Crippen LogP contribution >= 0.6 is 0 Å². The summed E-state index contributed by atoms with van der Waals surface area (Å²) in [7, 11) is 1.61. The molecule has 0 saturated carbocycles. The van der Waals surface area contributed by atoms with E-state index in [9.17, 15) is 0 Å². The first-order chi connectivity index (χ1) is 12.7. The van der Waals surface area contributed by atoms with E-state index in [0.717, 1.165) is 17.7 Å².